The van der Waals surface area contributed by atoms with Gasteiger partial charge in [-0.15, -0.1) is 0 Å². The number of ether oxygens (including phenoxy) is 1. The molecule has 24 heavy (non-hydrogen) atoms. The number of rotatable bonds is 6. The largest absolute Gasteiger partial charge is 0.489 e. The molecule has 1 saturated heterocycles. The number of carbonyl (C=O) groups is 1. The molecule has 0 saturated carbocycles. The van der Waals surface area contributed by atoms with Crippen LogP contribution in [0.4, 0.5) is 5.69 Å². The first kappa shape index (κ1) is 15.9. The minimum Gasteiger partial charge on any atom is -0.489 e. The molecule has 0 bridgehead atoms. The van der Waals surface area contributed by atoms with Gasteiger partial charge in [-0.05, 0) is 29.1 Å². The lowest BCUT2D eigenvalue weighted by molar-refractivity contribution is -0.117. The van der Waals surface area contributed by atoms with Gasteiger partial charge in [0.1, 0.15) is 12.4 Å². The number of anilines is 1. The van der Waals surface area contributed by atoms with Crippen LogP contribution in [-0.4, -0.2) is 19.0 Å². The highest BCUT2D eigenvalue weighted by Crippen LogP contribution is 2.28. The Bertz CT molecular complexity index is 757. The Morgan fingerprint density at radius 2 is 2.04 bits per heavy atom. The van der Waals surface area contributed by atoms with Crippen molar-refractivity contribution in [2.75, 3.05) is 18.0 Å². The molecule has 6 nitrogen and oxygen atoms in total. The van der Waals surface area contributed by atoms with E-state index in [0.29, 0.717) is 26.1 Å². The van der Waals surface area contributed by atoms with E-state index in [1.54, 1.807) is 4.90 Å². The molecule has 1 aliphatic rings. The van der Waals surface area contributed by atoms with Crippen molar-refractivity contribution >= 4 is 11.6 Å². The van der Waals surface area contributed by atoms with E-state index in [1.807, 2.05) is 54.6 Å². The quantitative estimate of drug-likeness (QED) is 0.459. The van der Waals surface area contributed by atoms with Crippen molar-refractivity contribution in [2.24, 2.45) is 11.0 Å². The monoisotopic (exact) mass is 322 g/mol. The van der Waals surface area contributed by atoms with Crippen LogP contribution in [0.3, 0.4) is 0 Å². The molecule has 122 valence electrons. The first-order chi connectivity index (χ1) is 11.8. The maximum absolute atomic E-state index is 12.2. The van der Waals surface area contributed by atoms with Crippen LogP contribution >= 0.6 is 0 Å². The molecule has 0 aromatic heterocycles. The van der Waals surface area contributed by atoms with E-state index in [1.165, 1.54) is 0 Å². The molecule has 1 amide bonds. The van der Waals surface area contributed by atoms with E-state index in [0.717, 1.165) is 17.0 Å². The smallest absolute Gasteiger partial charge is 0.227 e. The number of hydrogen-bond acceptors (Lipinski definition) is 3. The van der Waals surface area contributed by atoms with Crippen molar-refractivity contribution in [1.82, 2.24) is 0 Å². The molecule has 0 radical (unpaired) electrons. The van der Waals surface area contributed by atoms with E-state index in [-0.39, 0.29) is 11.8 Å². The third-order valence-corrected chi connectivity index (χ3v) is 3.99. The number of nitrogens with zero attached hydrogens (tertiary/aromatic N) is 4. The van der Waals surface area contributed by atoms with Gasteiger partial charge in [-0.2, -0.15) is 0 Å². The fourth-order valence-corrected chi connectivity index (χ4v) is 2.79. The summed E-state index contributed by atoms with van der Waals surface area (Å²) >= 11 is 0. The number of amides is 1. The molecular formula is C18H18N4O2. The number of azide groups is 1. The Morgan fingerprint density at radius 1 is 1.21 bits per heavy atom. The number of hydrogen-bond donors (Lipinski definition) is 0. The van der Waals surface area contributed by atoms with Crippen LogP contribution in [0.2, 0.25) is 0 Å². The second-order valence-electron chi connectivity index (χ2n) is 5.76. The highest BCUT2D eigenvalue weighted by Gasteiger charge is 2.30. The van der Waals surface area contributed by atoms with Crippen LogP contribution in [0, 0.1) is 5.92 Å². The minimum atomic E-state index is 0.0494. The van der Waals surface area contributed by atoms with Crippen molar-refractivity contribution < 1.29 is 9.53 Å². The normalized spacial score (nSPS) is 16.8. The molecular weight excluding hydrogens is 304 g/mol. The Balaban J connectivity index is 1.66. The Labute approximate surface area is 140 Å². The second kappa shape index (κ2) is 7.53. The zero-order chi connectivity index (χ0) is 16.8. The average molecular weight is 322 g/mol. The molecule has 1 fully saturated rings. The van der Waals surface area contributed by atoms with Crippen molar-refractivity contribution in [3.63, 3.8) is 0 Å². The molecule has 0 aliphatic carbocycles. The molecule has 0 N–H and O–H groups in total. The van der Waals surface area contributed by atoms with Gasteiger partial charge in [0, 0.05) is 36.2 Å². The highest BCUT2D eigenvalue weighted by atomic mass is 16.5. The maximum Gasteiger partial charge on any atom is 0.227 e. The predicted molar refractivity (Wildman–Crippen MR) is 91.7 cm³/mol. The SMILES string of the molecule is [N-]=[N+]=NCC1CC(=O)N(c2cccc(OCc3ccccc3)c2)C1. The van der Waals surface area contributed by atoms with Gasteiger partial charge in [-0.1, -0.05) is 41.5 Å². The van der Waals surface area contributed by atoms with Crippen LogP contribution in [-0.2, 0) is 11.4 Å². The van der Waals surface area contributed by atoms with E-state index in [2.05, 4.69) is 10.0 Å². The summed E-state index contributed by atoms with van der Waals surface area (Å²) in [6, 6.07) is 17.5. The summed E-state index contributed by atoms with van der Waals surface area (Å²) < 4.78 is 5.81. The van der Waals surface area contributed by atoms with Crippen molar-refractivity contribution in [3.8, 4) is 5.75 Å². The number of benzene rings is 2. The third kappa shape index (κ3) is 3.86. The topological polar surface area (TPSA) is 78.3 Å². The van der Waals surface area contributed by atoms with Gasteiger partial charge in [0.05, 0.1) is 0 Å². The van der Waals surface area contributed by atoms with Crippen LogP contribution in [0.15, 0.2) is 59.7 Å². The molecule has 0 spiro atoms. The predicted octanol–water partition coefficient (Wildman–Crippen LogP) is 3.93. The van der Waals surface area contributed by atoms with Crippen LogP contribution in [0.5, 0.6) is 5.75 Å². The summed E-state index contributed by atoms with van der Waals surface area (Å²) in [6.07, 6.45) is 0.411. The first-order valence-corrected chi connectivity index (χ1v) is 7.84. The van der Waals surface area contributed by atoms with E-state index in [4.69, 9.17) is 10.3 Å². The first-order valence-electron chi connectivity index (χ1n) is 7.84. The van der Waals surface area contributed by atoms with E-state index in [9.17, 15) is 4.79 Å². The zero-order valence-corrected chi connectivity index (χ0v) is 13.2. The maximum atomic E-state index is 12.2. The molecule has 3 rings (SSSR count). The van der Waals surface area contributed by atoms with Crippen LogP contribution < -0.4 is 9.64 Å². The molecule has 1 atom stereocenters. The Hall–Kier alpha value is -2.98. The van der Waals surface area contributed by atoms with Gasteiger partial charge in [-0.25, -0.2) is 0 Å². The summed E-state index contributed by atoms with van der Waals surface area (Å²) in [5.41, 5.74) is 10.3. The van der Waals surface area contributed by atoms with Gasteiger partial charge in [0.15, 0.2) is 0 Å². The lowest BCUT2D eigenvalue weighted by atomic mass is 10.1. The minimum absolute atomic E-state index is 0.0494. The summed E-state index contributed by atoms with van der Waals surface area (Å²) in [7, 11) is 0. The summed E-state index contributed by atoms with van der Waals surface area (Å²) in [6.45, 7) is 1.40. The average Bonchev–Trinajstić information content (AvgIpc) is 3.00. The standard InChI is InChI=1S/C18H18N4O2/c19-21-20-11-15-9-18(23)22(12-15)16-7-4-8-17(10-16)24-13-14-5-2-1-3-6-14/h1-8,10,15H,9,11-13H2. The Morgan fingerprint density at radius 3 is 2.83 bits per heavy atom. The summed E-state index contributed by atoms with van der Waals surface area (Å²) in [5, 5.41) is 3.57. The summed E-state index contributed by atoms with van der Waals surface area (Å²) in [5.74, 6) is 0.846. The summed E-state index contributed by atoms with van der Waals surface area (Å²) in [4.78, 5) is 16.7. The van der Waals surface area contributed by atoms with Crippen molar-refractivity contribution in [1.29, 1.82) is 0 Å². The van der Waals surface area contributed by atoms with E-state index < -0.39 is 0 Å². The lowest BCUT2D eigenvalue weighted by Crippen LogP contribution is -2.24. The fraction of sp³-hybridized carbons (Fsp3) is 0.278. The molecule has 6 heteroatoms. The van der Waals surface area contributed by atoms with Crippen LogP contribution in [0.1, 0.15) is 12.0 Å². The molecule has 1 unspecified atom stereocenters. The molecule has 2 aromatic carbocycles. The van der Waals surface area contributed by atoms with Gasteiger partial charge >= 0.3 is 0 Å². The van der Waals surface area contributed by atoms with E-state index >= 15 is 0 Å². The molecule has 2 aromatic rings. The van der Waals surface area contributed by atoms with Crippen molar-refractivity contribution in [3.05, 3.63) is 70.6 Å². The van der Waals surface area contributed by atoms with Gasteiger partial charge in [-0.3, -0.25) is 4.79 Å². The number of carbonyl (C=O) groups excluding carboxylic acids is 1. The third-order valence-electron chi connectivity index (χ3n) is 3.99. The van der Waals surface area contributed by atoms with Gasteiger partial charge in [0.25, 0.3) is 0 Å². The van der Waals surface area contributed by atoms with Crippen molar-refractivity contribution in [2.45, 2.75) is 13.0 Å². The molecule has 1 heterocycles. The highest BCUT2D eigenvalue weighted by molar-refractivity contribution is 5.95. The Kier molecular flexibility index (Phi) is 4.99. The molecule has 1 aliphatic heterocycles. The fourth-order valence-electron chi connectivity index (χ4n) is 2.79. The second-order valence-corrected chi connectivity index (χ2v) is 5.76. The van der Waals surface area contributed by atoms with Gasteiger partial charge < -0.3 is 9.64 Å². The lowest BCUT2D eigenvalue weighted by Gasteiger charge is -2.17. The van der Waals surface area contributed by atoms with Crippen LogP contribution in [0.25, 0.3) is 10.4 Å². The zero-order valence-electron chi connectivity index (χ0n) is 13.2. The van der Waals surface area contributed by atoms with Gasteiger partial charge in [0.2, 0.25) is 5.91 Å².